The predicted molar refractivity (Wildman–Crippen MR) is 61.3 cm³/mol. The van der Waals surface area contributed by atoms with Crippen molar-refractivity contribution < 1.29 is 14.3 Å². The molecule has 1 heterocycles. The molecule has 0 spiro atoms. The molecule has 0 aromatic rings. The van der Waals surface area contributed by atoms with E-state index in [-0.39, 0.29) is 23.7 Å². The third-order valence-corrected chi connectivity index (χ3v) is 2.84. The van der Waals surface area contributed by atoms with E-state index < -0.39 is 0 Å². The van der Waals surface area contributed by atoms with Gasteiger partial charge in [-0.05, 0) is 20.8 Å². The summed E-state index contributed by atoms with van der Waals surface area (Å²) in [6, 6.07) is -0.263. The summed E-state index contributed by atoms with van der Waals surface area (Å²) in [6.07, 6.45) is -0.0839. The fourth-order valence-corrected chi connectivity index (χ4v) is 1.51. The van der Waals surface area contributed by atoms with Crippen LogP contribution in [-0.2, 0) is 14.3 Å². The minimum atomic E-state index is -0.339. The van der Waals surface area contributed by atoms with Crippen molar-refractivity contribution in [2.75, 3.05) is 26.8 Å². The monoisotopic (exact) mass is 230 g/mol. The van der Waals surface area contributed by atoms with Gasteiger partial charge in [-0.25, -0.2) is 0 Å². The van der Waals surface area contributed by atoms with Crippen molar-refractivity contribution in [3.8, 4) is 0 Å². The second-order valence-electron chi connectivity index (χ2n) is 4.69. The van der Waals surface area contributed by atoms with Crippen LogP contribution in [-0.4, -0.2) is 50.5 Å². The summed E-state index contributed by atoms with van der Waals surface area (Å²) in [7, 11) is 1.64. The van der Waals surface area contributed by atoms with Crippen LogP contribution in [0.2, 0.25) is 0 Å². The number of rotatable bonds is 4. The van der Waals surface area contributed by atoms with E-state index in [2.05, 4.69) is 10.6 Å². The van der Waals surface area contributed by atoms with Gasteiger partial charge in [0.2, 0.25) is 5.91 Å². The lowest BCUT2D eigenvalue weighted by atomic mass is 10.1. The predicted octanol–water partition coefficient (Wildman–Crippen LogP) is -0.0955. The van der Waals surface area contributed by atoms with Gasteiger partial charge < -0.3 is 20.1 Å². The molecule has 0 unspecified atom stereocenters. The summed E-state index contributed by atoms with van der Waals surface area (Å²) >= 11 is 0. The van der Waals surface area contributed by atoms with Crippen LogP contribution in [0.3, 0.4) is 0 Å². The number of carbonyl (C=O) groups excluding carboxylic acids is 1. The summed E-state index contributed by atoms with van der Waals surface area (Å²) < 4.78 is 10.7. The molecule has 0 saturated carbocycles. The SMILES string of the molecule is COC(C)(C)CNC(=O)[C@H]1NCCO[C@@H]1C. The van der Waals surface area contributed by atoms with Crippen molar-refractivity contribution in [3.63, 3.8) is 0 Å². The number of methoxy groups -OCH3 is 1. The lowest BCUT2D eigenvalue weighted by Crippen LogP contribution is -2.57. The average molecular weight is 230 g/mol. The standard InChI is InChI=1S/C11H22N2O3/c1-8-9(12-5-6-16-8)10(14)13-7-11(2,3)15-4/h8-9,12H,5-7H2,1-4H3,(H,13,14)/t8-,9+/m1/s1. The second-order valence-corrected chi connectivity index (χ2v) is 4.69. The Hall–Kier alpha value is -0.650. The highest BCUT2D eigenvalue weighted by molar-refractivity contribution is 5.82. The van der Waals surface area contributed by atoms with Gasteiger partial charge in [0, 0.05) is 20.2 Å². The van der Waals surface area contributed by atoms with Crippen LogP contribution in [0.5, 0.6) is 0 Å². The quantitative estimate of drug-likeness (QED) is 0.708. The minimum absolute atomic E-state index is 0.0303. The molecule has 94 valence electrons. The molecule has 5 heteroatoms. The Morgan fingerprint density at radius 2 is 2.31 bits per heavy atom. The Balaban J connectivity index is 2.39. The van der Waals surface area contributed by atoms with Crippen molar-refractivity contribution >= 4 is 5.91 Å². The summed E-state index contributed by atoms with van der Waals surface area (Å²) in [5.41, 5.74) is -0.339. The van der Waals surface area contributed by atoms with Gasteiger partial charge in [0.05, 0.1) is 18.3 Å². The molecule has 0 radical (unpaired) electrons. The van der Waals surface area contributed by atoms with Crippen LogP contribution < -0.4 is 10.6 Å². The minimum Gasteiger partial charge on any atom is -0.377 e. The number of ether oxygens (including phenoxy) is 2. The fourth-order valence-electron chi connectivity index (χ4n) is 1.51. The molecule has 0 aromatic carbocycles. The largest absolute Gasteiger partial charge is 0.377 e. The van der Waals surface area contributed by atoms with Gasteiger partial charge in [-0.1, -0.05) is 0 Å². The van der Waals surface area contributed by atoms with E-state index in [9.17, 15) is 4.79 Å². The number of amides is 1. The zero-order valence-corrected chi connectivity index (χ0v) is 10.5. The highest BCUT2D eigenvalue weighted by Crippen LogP contribution is 2.07. The van der Waals surface area contributed by atoms with Crippen molar-refractivity contribution in [1.29, 1.82) is 0 Å². The number of nitrogens with one attached hydrogen (secondary N) is 2. The highest BCUT2D eigenvalue weighted by Gasteiger charge is 2.29. The molecule has 1 aliphatic heterocycles. The first-order valence-corrected chi connectivity index (χ1v) is 5.64. The highest BCUT2D eigenvalue weighted by atomic mass is 16.5. The molecule has 1 rings (SSSR count). The molecule has 2 atom stereocenters. The number of hydrogen-bond acceptors (Lipinski definition) is 4. The molecule has 1 saturated heterocycles. The Morgan fingerprint density at radius 1 is 1.62 bits per heavy atom. The van der Waals surface area contributed by atoms with Crippen molar-refractivity contribution in [2.45, 2.75) is 38.5 Å². The molecule has 2 N–H and O–H groups in total. The number of hydrogen-bond donors (Lipinski definition) is 2. The third kappa shape index (κ3) is 3.73. The molecular weight excluding hydrogens is 208 g/mol. The van der Waals surface area contributed by atoms with E-state index in [1.807, 2.05) is 20.8 Å². The van der Waals surface area contributed by atoms with E-state index in [1.54, 1.807) is 7.11 Å². The smallest absolute Gasteiger partial charge is 0.239 e. The molecule has 5 nitrogen and oxygen atoms in total. The lowest BCUT2D eigenvalue weighted by Gasteiger charge is -2.31. The third-order valence-electron chi connectivity index (χ3n) is 2.84. The average Bonchev–Trinajstić information content (AvgIpc) is 2.27. The molecule has 0 aromatic heterocycles. The summed E-state index contributed by atoms with van der Waals surface area (Å²) in [5, 5.41) is 6.01. The van der Waals surface area contributed by atoms with Crippen molar-refractivity contribution in [1.82, 2.24) is 10.6 Å². The Bertz CT molecular complexity index is 243. The van der Waals surface area contributed by atoms with Crippen molar-refractivity contribution in [3.05, 3.63) is 0 Å². The van der Waals surface area contributed by atoms with Gasteiger partial charge in [-0.15, -0.1) is 0 Å². The Labute approximate surface area is 96.9 Å². The molecule has 1 fully saturated rings. The molecule has 1 aliphatic rings. The molecule has 1 amide bonds. The normalized spacial score (nSPS) is 26.5. The Morgan fingerprint density at radius 3 is 2.88 bits per heavy atom. The van der Waals surface area contributed by atoms with Gasteiger partial charge in [0.25, 0.3) is 0 Å². The van der Waals surface area contributed by atoms with Crippen LogP contribution in [0.4, 0.5) is 0 Å². The topological polar surface area (TPSA) is 59.6 Å². The van der Waals surface area contributed by atoms with E-state index in [1.165, 1.54) is 0 Å². The van der Waals surface area contributed by atoms with Gasteiger partial charge in [-0.3, -0.25) is 4.79 Å². The Kier molecular flexibility index (Phi) is 4.70. The van der Waals surface area contributed by atoms with Crippen LogP contribution in [0.1, 0.15) is 20.8 Å². The summed E-state index contributed by atoms with van der Waals surface area (Å²) in [5.74, 6) is -0.0303. The first-order valence-electron chi connectivity index (χ1n) is 5.64. The maximum absolute atomic E-state index is 11.9. The zero-order valence-electron chi connectivity index (χ0n) is 10.5. The van der Waals surface area contributed by atoms with Gasteiger partial charge >= 0.3 is 0 Å². The maximum Gasteiger partial charge on any atom is 0.239 e. The van der Waals surface area contributed by atoms with E-state index in [0.29, 0.717) is 13.2 Å². The molecule has 0 aliphatic carbocycles. The lowest BCUT2D eigenvalue weighted by molar-refractivity contribution is -0.130. The fraction of sp³-hybridized carbons (Fsp3) is 0.909. The zero-order chi connectivity index (χ0) is 12.2. The summed E-state index contributed by atoms with van der Waals surface area (Å²) in [4.78, 5) is 11.9. The van der Waals surface area contributed by atoms with Gasteiger partial charge in [-0.2, -0.15) is 0 Å². The van der Waals surface area contributed by atoms with Crippen LogP contribution in [0, 0.1) is 0 Å². The van der Waals surface area contributed by atoms with Gasteiger partial charge in [0.1, 0.15) is 6.04 Å². The van der Waals surface area contributed by atoms with Crippen LogP contribution >= 0.6 is 0 Å². The van der Waals surface area contributed by atoms with E-state index in [4.69, 9.17) is 9.47 Å². The van der Waals surface area contributed by atoms with E-state index >= 15 is 0 Å². The number of morpholine rings is 1. The van der Waals surface area contributed by atoms with Crippen molar-refractivity contribution in [2.24, 2.45) is 0 Å². The van der Waals surface area contributed by atoms with E-state index in [0.717, 1.165) is 6.54 Å². The van der Waals surface area contributed by atoms with Crippen LogP contribution in [0.15, 0.2) is 0 Å². The van der Waals surface area contributed by atoms with Crippen LogP contribution in [0.25, 0.3) is 0 Å². The first kappa shape index (κ1) is 13.4. The molecule has 0 bridgehead atoms. The molecule has 16 heavy (non-hydrogen) atoms. The number of carbonyl (C=O) groups is 1. The summed E-state index contributed by atoms with van der Waals surface area (Å²) in [6.45, 7) is 7.64. The second kappa shape index (κ2) is 5.61. The first-order chi connectivity index (χ1) is 7.46. The maximum atomic E-state index is 11.9. The molecular formula is C11H22N2O3. The van der Waals surface area contributed by atoms with Gasteiger partial charge in [0.15, 0.2) is 0 Å².